The minimum absolute atomic E-state index is 0.0687. The third-order valence-electron chi connectivity index (χ3n) is 6.20. The van der Waals surface area contributed by atoms with Crippen molar-refractivity contribution < 1.29 is 31.5 Å². The highest BCUT2D eigenvalue weighted by molar-refractivity contribution is 7.89. The van der Waals surface area contributed by atoms with E-state index in [1.54, 1.807) is 30.3 Å². The summed E-state index contributed by atoms with van der Waals surface area (Å²) in [6.45, 7) is 2.84. The van der Waals surface area contributed by atoms with E-state index in [0.717, 1.165) is 11.1 Å². The van der Waals surface area contributed by atoms with Crippen molar-refractivity contribution in [2.24, 2.45) is 0 Å². The van der Waals surface area contributed by atoms with Gasteiger partial charge in [-0.15, -0.1) is 0 Å². The van der Waals surface area contributed by atoms with Gasteiger partial charge in [-0.25, -0.2) is 23.1 Å². The fraction of sp³-hybridized carbons (Fsp3) is 0.393. The summed E-state index contributed by atoms with van der Waals surface area (Å²) >= 11 is 0. The molecule has 0 amide bonds. The van der Waals surface area contributed by atoms with Gasteiger partial charge in [0.25, 0.3) is 10.0 Å². The van der Waals surface area contributed by atoms with Crippen molar-refractivity contribution in [2.75, 3.05) is 25.1 Å². The van der Waals surface area contributed by atoms with Crippen molar-refractivity contribution in [2.45, 2.75) is 56.7 Å². The van der Waals surface area contributed by atoms with Crippen molar-refractivity contribution >= 4 is 21.8 Å². The topological polar surface area (TPSA) is 120 Å². The Morgan fingerprint density at radius 1 is 1.02 bits per heavy atom. The zero-order valence-corrected chi connectivity index (χ0v) is 23.5. The van der Waals surface area contributed by atoms with Crippen LogP contribution in [0.4, 0.5) is 14.6 Å². The lowest BCUT2D eigenvalue weighted by molar-refractivity contribution is -0.140. The second-order valence-corrected chi connectivity index (χ2v) is 11.4. The van der Waals surface area contributed by atoms with Crippen molar-refractivity contribution in [1.82, 2.24) is 14.7 Å². The number of carbonyl (C=O) groups is 1. The molecule has 0 spiro atoms. The van der Waals surface area contributed by atoms with Crippen LogP contribution in [0.1, 0.15) is 50.1 Å². The fourth-order valence-corrected chi connectivity index (χ4v) is 5.11. The summed E-state index contributed by atoms with van der Waals surface area (Å²) in [7, 11) is -3.97. The van der Waals surface area contributed by atoms with Crippen LogP contribution in [0.3, 0.4) is 0 Å². The van der Waals surface area contributed by atoms with Crippen LogP contribution in [0.25, 0.3) is 0 Å². The number of halogens is 2. The number of esters is 1. The summed E-state index contributed by atoms with van der Waals surface area (Å²) in [4.78, 5) is 19.6. The number of carbonyl (C=O) groups excluding carboxylic acids is 1. The van der Waals surface area contributed by atoms with Gasteiger partial charge in [0.15, 0.2) is 5.03 Å². The van der Waals surface area contributed by atoms with Crippen LogP contribution >= 0.6 is 0 Å². The fourth-order valence-electron chi connectivity index (χ4n) is 3.95. The Labute approximate surface area is 233 Å². The standard InChI is InChI=1S/C28H34F2N4O5S/c1-20(35)38-18-16-31-25-8-6-7-23(33-25)24(34-40(36,37)26-9-4-5-15-32-26)19-21-10-12-22(13-11-21)28(2,3)14-17-39-27(29)30/h4-13,15,24,27,34H,14,16-19H2,1-3H3,(H,31,33). The minimum Gasteiger partial charge on any atom is -0.464 e. The second-order valence-electron chi connectivity index (χ2n) is 9.72. The lowest BCUT2D eigenvalue weighted by atomic mass is 9.81. The highest BCUT2D eigenvalue weighted by Crippen LogP contribution is 2.29. The highest BCUT2D eigenvalue weighted by Gasteiger charge is 2.25. The van der Waals surface area contributed by atoms with Crippen LogP contribution < -0.4 is 10.0 Å². The molecule has 3 aromatic rings. The molecule has 40 heavy (non-hydrogen) atoms. The molecule has 12 heteroatoms. The van der Waals surface area contributed by atoms with Crippen molar-refractivity contribution in [3.8, 4) is 0 Å². The van der Waals surface area contributed by atoms with E-state index in [0.29, 0.717) is 24.5 Å². The Bertz CT molecular complexity index is 1340. The predicted molar refractivity (Wildman–Crippen MR) is 146 cm³/mol. The molecule has 0 bridgehead atoms. The van der Waals surface area contributed by atoms with E-state index in [1.165, 1.54) is 19.2 Å². The predicted octanol–water partition coefficient (Wildman–Crippen LogP) is 4.62. The maximum atomic E-state index is 13.2. The first-order valence-electron chi connectivity index (χ1n) is 12.7. The van der Waals surface area contributed by atoms with Gasteiger partial charge in [0, 0.05) is 13.1 Å². The summed E-state index contributed by atoms with van der Waals surface area (Å²) in [5.41, 5.74) is 1.86. The number of nitrogens with one attached hydrogen (secondary N) is 2. The normalized spacial score (nSPS) is 12.8. The molecule has 0 aliphatic rings. The maximum Gasteiger partial charge on any atom is 0.345 e. The SMILES string of the molecule is CC(=O)OCCNc1cccc(C(Cc2ccc(C(C)(C)CCOC(F)F)cc2)NS(=O)(=O)c2ccccn2)n1. The number of rotatable bonds is 15. The number of hydrogen-bond donors (Lipinski definition) is 2. The van der Waals surface area contributed by atoms with E-state index in [9.17, 15) is 22.0 Å². The Balaban J connectivity index is 1.82. The molecule has 2 aromatic heterocycles. The van der Waals surface area contributed by atoms with E-state index in [4.69, 9.17) is 4.74 Å². The molecule has 3 rings (SSSR count). The number of sulfonamides is 1. The summed E-state index contributed by atoms with van der Waals surface area (Å²) in [5, 5.41) is 2.95. The molecular formula is C28H34F2N4O5S. The van der Waals surface area contributed by atoms with Gasteiger partial charge in [-0.1, -0.05) is 50.2 Å². The van der Waals surface area contributed by atoms with Gasteiger partial charge in [-0.2, -0.15) is 8.78 Å². The first-order valence-corrected chi connectivity index (χ1v) is 14.2. The Hall–Kier alpha value is -3.48. The quantitative estimate of drug-likeness (QED) is 0.199. The second kappa shape index (κ2) is 14.2. The van der Waals surface area contributed by atoms with Gasteiger partial charge < -0.3 is 14.8 Å². The largest absolute Gasteiger partial charge is 0.464 e. The summed E-state index contributed by atoms with van der Waals surface area (Å²) in [6.07, 6.45) is 2.10. The number of alkyl halides is 2. The van der Waals surface area contributed by atoms with Crippen molar-refractivity contribution in [3.63, 3.8) is 0 Å². The summed E-state index contributed by atoms with van der Waals surface area (Å²) < 4.78 is 63.2. The molecule has 0 fully saturated rings. The Morgan fingerprint density at radius 2 is 1.77 bits per heavy atom. The van der Waals surface area contributed by atoms with Crippen LogP contribution in [0, 0.1) is 0 Å². The van der Waals surface area contributed by atoms with E-state index in [-0.39, 0.29) is 30.6 Å². The summed E-state index contributed by atoms with van der Waals surface area (Å²) in [6, 6.07) is 16.7. The van der Waals surface area contributed by atoms with Gasteiger partial charge in [-0.05, 0) is 53.6 Å². The van der Waals surface area contributed by atoms with E-state index in [1.807, 2.05) is 38.1 Å². The first kappa shape index (κ1) is 31.1. The Kier molecular flexibility index (Phi) is 11.1. The molecule has 2 N–H and O–H groups in total. The molecule has 0 saturated heterocycles. The molecule has 0 saturated carbocycles. The average molecular weight is 577 g/mol. The van der Waals surface area contributed by atoms with Gasteiger partial charge in [0.05, 0.1) is 24.9 Å². The molecule has 2 heterocycles. The third-order valence-corrected chi connectivity index (χ3v) is 7.58. The van der Waals surface area contributed by atoms with E-state index >= 15 is 0 Å². The number of aromatic nitrogens is 2. The summed E-state index contributed by atoms with van der Waals surface area (Å²) in [5.74, 6) is 0.109. The minimum atomic E-state index is -3.97. The third kappa shape index (κ3) is 9.61. The van der Waals surface area contributed by atoms with Crippen LogP contribution in [0.2, 0.25) is 0 Å². The molecular weight excluding hydrogens is 542 g/mol. The zero-order valence-electron chi connectivity index (χ0n) is 22.6. The highest BCUT2D eigenvalue weighted by atomic mass is 32.2. The van der Waals surface area contributed by atoms with Crippen molar-refractivity contribution in [1.29, 1.82) is 0 Å². The van der Waals surface area contributed by atoms with Crippen LogP contribution in [-0.4, -0.2) is 50.7 Å². The van der Waals surface area contributed by atoms with Crippen LogP contribution in [0.15, 0.2) is 71.9 Å². The maximum absolute atomic E-state index is 13.2. The van der Waals surface area contributed by atoms with E-state index < -0.39 is 28.1 Å². The lowest BCUT2D eigenvalue weighted by Gasteiger charge is -2.26. The van der Waals surface area contributed by atoms with Crippen LogP contribution in [-0.2, 0) is 36.1 Å². The number of anilines is 1. The van der Waals surface area contributed by atoms with Gasteiger partial charge in [0.1, 0.15) is 12.4 Å². The van der Waals surface area contributed by atoms with Crippen molar-refractivity contribution in [3.05, 3.63) is 83.7 Å². The Morgan fingerprint density at radius 3 is 2.42 bits per heavy atom. The lowest BCUT2D eigenvalue weighted by Crippen LogP contribution is -2.31. The molecule has 1 unspecified atom stereocenters. The van der Waals surface area contributed by atoms with Crippen LogP contribution in [0.5, 0.6) is 0 Å². The number of benzene rings is 1. The molecule has 0 radical (unpaired) electrons. The first-order chi connectivity index (χ1) is 19.0. The molecule has 0 aliphatic carbocycles. The van der Waals surface area contributed by atoms with Gasteiger partial charge in [0.2, 0.25) is 0 Å². The number of pyridine rings is 2. The smallest absolute Gasteiger partial charge is 0.345 e. The molecule has 0 aliphatic heterocycles. The average Bonchev–Trinajstić information content (AvgIpc) is 2.91. The number of nitrogens with zero attached hydrogens (tertiary/aromatic N) is 2. The van der Waals surface area contributed by atoms with Gasteiger partial charge in [-0.3, -0.25) is 4.79 Å². The molecule has 216 valence electrons. The van der Waals surface area contributed by atoms with Gasteiger partial charge >= 0.3 is 12.6 Å². The number of hydrogen-bond acceptors (Lipinski definition) is 8. The number of ether oxygens (including phenoxy) is 2. The molecule has 9 nitrogen and oxygen atoms in total. The van der Waals surface area contributed by atoms with E-state index in [2.05, 4.69) is 24.7 Å². The molecule has 1 aromatic carbocycles. The zero-order chi connectivity index (χ0) is 29.2. The molecule has 1 atom stereocenters. The monoisotopic (exact) mass is 576 g/mol.